The molecule has 3 N–H and O–H groups in total. The molecule has 1 unspecified atom stereocenters. The maximum absolute atomic E-state index is 13.3. The number of halogens is 4. The van der Waals surface area contributed by atoms with E-state index < -0.39 is 0 Å². The summed E-state index contributed by atoms with van der Waals surface area (Å²) < 4.78 is 14.2. The second-order valence-electron chi connectivity index (χ2n) is 4.32. The van der Waals surface area contributed by atoms with Crippen molar-refractivity contribution in [1.29, 1.82) is 0 Å². The lowest BCUT2D eigenvalue weighted by molar-refractivity contribution is 0.549. The number of nitrogens with one attached hydrogen (secondary N) is 1. The van der Waals surface area contributed by atoms with E-state index in [1.54, 1.807) is 6.07 Å². The van der Waals surface area contributed by atoms with E-state index in [4.69, 9.17) is 29.0 Å². The van der Waals surface area contributed by atoms with Gasteiger partial charge in [0.15, 0.2) is 0 Å². The number of hydrogen-bond acceptors (Lipinski definition) is 2. The second-order valence-corrected chi connectivity index (χ2v) is 6.06. The topological polar surface area (TPSA) is 38.0 Å². The van der Waals surface area contributed by atoms with Gasteiger partial charge in [-0.1, -0.05) is 45.2 Å². The van der Waals surface area contributed by atoms with E-state index in [0.717, 1.165) is 10.0 Å². The normalized spacial score (nSPS) is 12.4. The molecule has 0 spiro atoms. The van der Waals surface area contributed by atoms with Gasteiger partial charge in [-0.25, -0.2) is 4.39 Å². The van der Waals surface area contributed by atoms with Crippen LogP contribution in [0.3, 0.4) is 0 Å². The van der Waals surface area contributed by atoms with Crippen LogP contribution >= 0.6 is 39.1 Å². The fourth-order valence-electron chi connectivity index (χ4n) is 1.96. The Morgan fingerprint density at radius 1 is 1.15 bits per heavy atom. The number of benzene rings is 2. The molecule has 0 fully saturated rings. The smallest absolute Gasteiger partial charge is 0.123 e. The largest absolute Gasteiger partial charge is 0.271 e. The molecule has 2 rings (SSSR count). The molecule has 106 valence electrons. The Bertz CT molecular complexity index is 622. The van der Waals surface area contributed by atoms with Gasteiger partial charge in [-0.05, 0) is 47.9 Å². The number of rotatable bonds is 4. The van der Waals surface area contributed by atoms with E-state index in [1.165, 1.54) is 18.2 Å². The summed E-state index contributed by atoms with van der Waals surface area (Å²) in [6, 6.07) is 9.53. The van der Waals surface area contributed by atoms with Crippen LogP contribution in [0, 0.1) is 5.82 Å². The maximum Gasteiger partial charge on any atom is 0.123 e. The third kappa shape index (κ3) is 3.71. The molecule has 0 amide bonds. The molecular weight excluding hydrogens is 366 g/mol. The predicted octanol–water partition coefficient (Wildman–Crippen LogP) is 4.64. The average molecular weight is 378 g/mol. The molecule has 2 aromatic rings. The van der Waals surface area contributed by atoms with Crippen LogP contribution in [-0.4, -0.2) is 0 Å². The van der Waals surface area contributed by atoms with Gasteiger partial charge in [0.1, 0.15) is 5.82 Å². The first-order valence-corrected chi connectivity index (χ1v) is 7.41. The van der Waals surface area contributed by atoms with Crippen LogP contribution in [0.5, 0.6) is 0 Å². The van der Waals surface area contributed by atoms with E-state index in [-0.39, 0.29) is 11.9 Å². The summed E-state index contributed by atoms with van der Waals surface area (Å²) in [5.41, 5.74) is 4.20. The zero-order chi connectivity index (χ0) is 14.7. The molecule has 0 bridgehead atoms. The molecule has 0 saturated heterocycles. The quantitative estimate of drug-likeness (QED) is 0.601. The van der Waals surface area contributed by atoms with Crippen LogP contribution in [0.4, 0.5) is 4.39 Å². The summed E-state index contributed by atoms with van der Waals surface area (Å²) in [5.74, 6) is 5.26. The summed E-state index contributed by atoms with van der Waals surface area (Å²) in [6.45, 7) is 0. The van der Waals surface area contributed by atoms with Crippen molar-refractivity contribution in [3.63, 3.8) is 0 Å². The van der Waals surface area contributed by atoms with Crippen LogP contribution in [0.25, 0.3) is 0 Å². The number of hydrogen-bond donors (Lipinski definition) is 2. The molecule has 0 radical (unpaired) electrons. The van der Waals surface area contributed by atoms with E-state index in [1.807, 2.05) is 12.1 Å². The highest BCUT2D eigenvalue weighted by Crippen LogP contribution is 2.30. The second kappa shape index (κ2) is 6.87. The summed E-state index contributed by atoms with van der Waals surface area (Å²) in [4.78, 5) is 0. The van der Waals surface area contributed by atoms with Crippen molar-refractivity contribution >= 4 is 39.1 Å². The summed E-state index contributed by atoms with van der Waals surface area (Å²) >= 11 is 15.6. The van der Waals surface area contributed by atoms with Crippen LogP contribution < -0.4 is 11.3 Å². The Labute approximate surface area is 135 Å². The molecule has 2 aromatic carbocycles. The lowest BCUT2D eigenvalue weighted by atomic mass is 9.99. The minimum atomic E-state index is -0.331. The van der Waals surface area contributed by atoms with Gasteiger partial charge < -0.3 is 0 Å². The van der Waals surface area contributed by atoms with Gasteiger partial charge in [-0.3, -0.25) is 11.3 Å². The number of hydrazine groups is 1. The van der Waals surface area contributed by atoms with Crippen molar-refractivity contribution in [2.24, 2.45) is 5.84 Å². The molecule has 0 saturated carbocycles. The molecule has 6 heteroatoms. The minimum absolute atomic E-state index is 0.255. The number of nitrogens with two attached hydrogens (primary N) is 1. The Morgan fingerprint density at radius 2 is 1.90 bits per heavy atom. The van der Waals surface area contributed by atoms with Gasteiger partial charge >= 0.3 is 0 Å². The van der Waals surface area contributed by atoms with Gasteiger partial charge in [-0.2, -0.15) is 0 Å². The monoisotopic (exact) mass is 376 g/mol. The van der Waals surface area contributed by atoms with Crippen LogP contribution in [-0.2, 0) is 6.42 Å². The van der Waals surface area contributed by atoms with Crippen LogP contribution in [0.1, 0.15) is 17.2 Å². The van der Waals surface area contributed by atoms with Crippen molar-refractivity contribution in [3.05, 3.63) is 67.9 Å². The third-order valence-corrected chi connectivity index (χ3v) is 4.16. The van der Waals surface area contributed by atoms with Gasteiger partial charge in [0.05, 0.1) is 6.04 Å². The highest BCUT2D eigenvalue weighted by atomic mass is 79.9. The van der Waals surface area contributed by atoms with Gasteiger partial charge in [0, 0.05) is 14.5 Å². The molecule has 1 atom stereocenters. The highest BCUT2D eigenvalue weighted by molar-refractivity contribution is 9.10. The molecule has 0 aliphatic rings. The minimum Gasteiger partial charge on any atom is -0.271 e. The fourth-order valence-corrected chi connectivity index (χ4v) is 2.96. The Kier molecular flexibility index (Phi) is 5.41. The van der Waals surface area contributed by atoms with Crippen molar-refractivity contribution < 1.29 is 4.39 Å². The van der Waals surface area contributed by atoms with Crippen molar-refractivity contribution in [2.75, 3.05) is 0 Å². The molecule has 0 aliphatic heterocycles. The van der Waals surface area contributed by atoms with E-state index in [0.29, 0.717) is 22.0 Å². The summed E-state index contributed by atoms with van der Waals surface area (Å²) in [7, 11) is 0. The van der Waals surface area contributed by atoms with Crippen molar-refractivity contribution in [2.45, 2.75) is 12.5 Å². The molecular formula is C14H12BrCl2FN2. The zero-order valence-corrected chi connectivity index (χ0v) is 13.4. The SMILES string of the molecule is NNC(Cc1cc(F)ccc1Cl)c1ccc(Br)cc1Cl. The van der Waals surface area contributed by atoms with Crippen LogP contribution in [0.2, 0.25) is 10.0 Å². The third-order valence-electron chi connectivity index (χ3n) is 2.97. The summed E-state index contributed by atoms with van der Waals surface area (Å²) in [6.07, 6.45) is 0.439. The first-order valence-electron chi connectivity index (χ1n) is 5.86. The molecule has 0 heterocycles. The lowest BCUT2D eigenvalue weighted by Crippen LogP contribution is -2.30. The van der Waals surface area contributed by atoms with Crippen molar-refractivity contribution in [3.8, 4) is 0 Å². The Morgan fingerprint density at radius 3 is 2.55 bits per heavy atom. The molecule has 0 aromatic heterocycles. The first-order chi connectivity index (χ1) is 9.51. The van der Waals surface area contributed by atoms with Gasteiger partial charge in [0.2, 0.25) is 0 Å². The van der Waals surface area contributed by atoms with E-state index >= 15 is 0 Å². The maximum atomic E-state index is 13.3. The first kappa shape index (κ1) is 15.7. The lowest BCUT2D eigenvalue weighted by Gasteiger charge is -2.18. The van der Waals surface area contributed by atoms with E-state index in [2.05, 4.69) is 21.4 Å². The fraction of sp³-hybridized carbons (Fsp3) is 0.143. The highest BCUT2D eigenvalue weighted by Gasteiger charge is 2.16. The molecule has 20 heavy (non-hydrogen) atoms. The zero-order valence-electron chi connectivity index (χ0n) is 10.3. The van der Waals surface area contributed by atoms with E-state index in [9.17, 15) is 4.39 Å². The average Bonchev–Trinajstić information content (AvgIpc) is 2.40. The summed E-state index contributed by atoms with van der Waals surface area (Å²) in [5, 5.41) is 1.08. The standard InChI is InChI=1S/C14H12BrCl2FN2/c15-9-1-3-11(13(17)7-9)14(20-19)6-8-5-10(18)2-4-12(8)16/h1-5,7,14,20H,6,19H2. The Balaban J connectivity index is 2.31. The Hall–Kier alpha value is -0.650. The van der Waals surface area contributed by atoms with Gasteiger partial charge in [-0.15, -0.1) is 0 Å². The predicted molar refractivity (Wildman–Crippen MR) is 84.3 cm³/mol. The molecule has 2 nitrogen and oxygen atoms in total. The molecule has 0 aliphatic carbocycles. The van der Waals surface area contributed by atoms with Gasteiger partial charge in [0.25, 0.3) is 0 Å². The van der Waals surface area contributed by atoms with Crippen molar-refractivity contribution in [1.82, 2.24) is 5.43 Å². The van der Waals surface area contributed by atoms with Crippen LogP contribution in [0.15, 0.2) is 40.9 Å².